The lowest BCUT2D eigenvalue weighted by Gasteiger charge is -2.02. The highest BCUT2D eigenvalue weighted by Gasteiger charge is 2.14. The molecule has 0 aliphatic carbocycles. The summed E-state index contributed by atoms with van der Waals surface area (Å²) in [5, 5.41) is 17.3. The number of hydrogen-bond acceptors (Lipinski definition) is 3. The molecule has 134 valence electrons. The molecule has 3 rings (SSSR count). The van der Waals surface area contributed by atoms with E-state index < -0.39 is 5.91 Å². The minimum atomic E-state index is -0.408. The Morgan fingerprint density at radius 2 is 1.93 bits per heavy atom. The van der Waals surface area contributed by atoms with Gasteiger partial charge >= 0.3 is 0 Å². The highest BCUT2D eigenvalue weighted by Crippen LogP contribution is 2.27. The normalized spacial score (nSPS) is 11.1. The van der Waals surface area contributed by atoms with E-state index in [0.717, 1.165) is 11.3 Å². The number of carbonyl (C=O) groups excluding carboxylic acids is 1. The molecule has 0 radical (unpaired) electrons. The fourth-order valence-corrected chi connectivity index (χ4v) is 2.72. The van der Waals surface area contributed by atoms with Crippen molar-refractivity contribution in [2.24, 2.45) is 0 Å². The highest BCUT2D eigenvalue weighted by atomic mass is 35.5. The van der Waals surface area contributed by atoms with Gasteiger partial charge in [-0.2, -0.15) is 10.4 Å². The van der Waals surface area contributed by atoms with Crippen LogP contribution in [0.2, 0.25) is 5.02 Å². The summed E-state index contributed by atoms with van der Waals surface area (Å²) in [6, 6.07) is 18.9. The van der Waals surface area contributed by atoms with Crippen molar-refractivity contribution < 1.29 is 4.79 Å². The Morgan fingerprint density at radius 3 is 2.56 bits per heavy atom. The lowest BCUT2D eigenvalue weighted by molar-refractivity contribution is -0.116. The maximum absolute atomic E-state index is 12.1. The molecule has 0 bridgehead atoms. The van der Waals surface area contributed by atoms with E-state index in [9.17, 15) is 10.1 Å². The Morgan fingerprint density at radius 1 is 1.22 bits per heavy atom. The maximum Gasteiger partial charge on any atom is 0.261 e. The molecule has 0 aliphatic heterocycles. The van der Waals surface area contributed by atoms with Crippen molar-refractivity contribution in [3.63, 3.8) is 0 Å². The van der Waals surface area contributed by atoms with E-state index >= 15 is 0 Å². The monoisotopic (exact) mass is 376 g/mol. The average molecular weight is 377 g/mol. The number of benzene rings is 2. The van der Waals surface area contributed by atoms with E-state index in [4.69, 9.17) is 11.6 Å². The van der Waals surface area contributed by atoms with Crippen LogP contribution in [0.25, 0.3) is 23.0 Å². The van der Waals surface area contributed by atoms with Gasteiger partial charge in [0.15, 0.2) is 0 Å². The molecule has 0 atom stereocenters. The molecule has 3 aromatic rings. The third kappa shape index (κ3) is 4.25. The Kier molecular flexibility index (Phi) is 5.70. The summed E-state index contributed by atoms with van der Waals surface area (Å²) in [6.45, 7) is 2.25. The molecule has 0 aliphatic rings. The number of carbonyl (C=O) groups is 1. The summed E-state index contributed by atoms with van der Waals surface area (Å²) in [5.41, 5.74) is 3.08. The number of aromatic nitrogens is 2. The van der Waals surface area contributed by atoms with E-state index in [1.165, 1.54) is 0 Å². The van der Waals surface area contributed by atoms with Gasteiger partial charge in [-0.1, -0.05) is 41.9 Å². The standard InChI is InChI=1S/C21H17ClN4O/c1-2-24-21(27)16(13-23)12-17-14-26(19-6-4-3-5-7-19)25-20(17)15-8-10-18(22)11-9-15/h3-12,14H,2H2,1H3,(H,24,27)/b16-12+. The van der Waals surface area contributed by atoms with Crippen molar-refractivity contribution in [1.82, 2.24) is 15.1 Å². The van der Waals surface area contributed by atoms with Crippen molar-refractivity contribution in [2.45, 2.75) is 6.92 Å². The smallest absolute Gasteiger partial charge is 0.261 e. The van der Waals surface area contributed by atoms with Crippen molar-refractivity contribution in [3.8, 4) is 23.0 Å². The number of para-hydroxylation sites is 1. The summed E-state index contributed by atoms with van der Waals surface area (Å²) in [7, 11) is 0. The Bertz CT molecular complexity index is 1010. The zero-order chi connectivity index (χ0) is 19.2. The van der Waals surface area contributed by atoms with Crippen LogP contribution in [0.5, 0.6) is 0 Å². The first-order valence-corrected chi connectivity index (χ1v) is 8.81. The Balaban J connectivity index is 2.13. The molecule has 0 fully saturated rings. The van der Waals surface area contributed by atoms with Crippen LogP contribution in [0.1, 0.15) is 12.5 Å². The number of amides is 1. The van der Waals surface area contributed by atoms with Crippen LogP contribution in [-0.4, -0.2) is 22.2 Å². The van der Waals surface area contributed by atoms with Crippen LogP contribution in [0.4, 0.5) is 0 Å². The first kappa shape index (κ1) is 18.4. The van der Waals surface area contributed by atoms with E-state index in [2.05, 4.69) is 10.4 Å². The second kappa shape index (κ2) is 8.35. The molecule has 5 nitrogen and oxygen atoms in total. The molecule has 27 heavy (non-hydrogen) atoms. The first-order valence-electron chi connectivity index (χ1n) is 8.43. The third-order valence-electron chi connectivity index (χ3n) is 3.88. The van der Waals surface area contributed by atoms with Crippen LogP contribution in [0.15, 0.2) is 66.4 Å². The lowest BCUT2D eigenvalue weighted by atomic mass is 10.1. The number of rotatable bonds is 5. The minimum absolute atomic E-state index is 0.0275. The average Bonchev–Trinajstić information content (AvgIpc) is 3.11. The van der Waals surface area contributed by atoms with Crippen LogP contribution in [0.3, 0.4) is 0 Å². The minimum Gasteiger partial charge on any atom is -0.352 e. The second-order valence-electron chi connectivity index (χ2n) is 5.75. The molecular weight excluding hydrogens is 360 g/mol. The number of nitrogens with zero attached hydrogens (tertiary/aromatic N) is 3. The number of nitrogens with one attached hydrogen (secondary N) is 1. The summed E-state index contributed by atoms with van der Waals surface area (Å²) < 4.78 is 1.72. The maximum atomic E-state index is 12.1. The largest absolute Gasteiger partial charge is 0.352 e. The van der Waals surface area contributed by atoms with Gasteiger partial charge in [-0.05, 0) is 37.3 Å². The van der Waals surface area contributed by atoms with Gasteiger partial charge in [-0.15, -0.1) is 0 Å². The zero-order valence-corrected chi connectivity index (χ0v) is 15.4. The first-order chi connectivity index (χ1) is 13.1. The van der Waals surface area contributed by atoms with Crippen molar-refractivity contribution >= 4 is 23.6 Å². The number of hydrogen-bond donors (Lipinski definition) is 1. The van der Waals surface area contributed by atoms with Gasteiger partial charge in [0.05, 0.1) is 11.4 Å². The Labute approximate surface area is 162 Å². The van der Waals surface area contributed by atoms with E-state index in [-0.39, 0.29) is 5.57 Å². The van der Waals surface area contributed by atoms with Gasteiger partial charge in [0, 0.05) is 28.9 Å². The van der Waals surface area contributed by atoms with Gasteiger partial charge in [-0.25, -0.2) is 4.68 Å². The van der Waals surface area contributed by atoms with Gasteiger partial charge in [0.1, 0.15) is 11.6 Å². The molecule has 0 saturated carbocycles. The second-order valence-corrected chi connectivity index (χ2v) is 6.19. The van der Waals surface area contributed by atoms with Crippen molar-refractivity contribution in [2.75, 3.05) is 6.54 Å². The quantitative estimate of drug-likeness (QED) is 0.535. The summed E-state index contributed by atoms with van der Waals surface area (Å²) in [6.07, 6.45) is 3.36. The van der Waals surface area contributed by atoms with Gasteiger partial charge in [0.2, 0.25) is 0 Å². The molecule has 2 aromatic carbocycles. The predicted molar refractivity (Wildman–Crippen MR) is 106 cm³/mol. The molecule has 6 heteroatoms. The van der Waals surface area contributed by atoms with E-state index in [1.54, 1.807) is 36.0 Å². The van der Waals surface area contributed by atoms with Gasteiger partial charge in [-0.3, -0.25) is 4.79 Å². The van der Waals surface area contributed by atoms with E-state index in [0.29, 0.717) is 22.8 Å². The molecule has 0 spiro atoms. The molecule has 1 aromatic heterocycles. The molecule has 0 unspecified atom stereocenters. The molecule has 1 amide bonds. The van der Waals surface area contributed by atoms with Crippen molar-refractivity contribution in [1.29, 1.82) is 5.26 Å². The fourth-order valence-electron chi connectivity index (χ4n) is 2.60. The number of halogens is 1. The van der Waals surface area contributed by atoms with Gasteiger partial charge < -0.3 is 5.32 Å². The summed E-state index contributed by atoms with van der Waals surface area (Å²) in [4.78, 5) is 12.1. The third-order valence-corrected chi connectivity index (χ3v) is 4.14. The fraction of sp³-hybridized carbons (Fsp3) is 0.0952. The number of nitriles is 1. The van der Waals surface area contributed by atoms with Gasteiger partial charge in [0.25, 0.3) is 5.91 Å². The van der Waals surface area contributed by atoms with Crippen LogP contribution in [-0.2, 0) is 4.79 Å². The number of likely N-dealkylation sites (N-methyl/N-ethyl adjacent to an activating group) is 1. The SMILES string of the molecule is CCNC(=O)/C(C#N)=C/c1cn(-c2ccccc2)nc1-c1ccc(Cl)cc1. The lowest BCUT2D eigenvalue weighted by Crippen LogP contribution is -2.23. The summed E-state index contributed by atoms with van der Waals surface area (Å²) >= 11 is 5.99. The van der Waals surface area contributed by atoms with Crippen LogP contribution >= 0.6 is 11.6 Å². The van der Waals surface area contributed by atoms with Crippen molar-refractivity contribution in [3.05, 3.63) is 77.0 Å². The zero-order valence-electron chi connectivity index (χ0n) is 14.7. The van der Waals surface area contributed by atoms with E-state index in [1.807, 2.05) is 48.5 Å². The molecule has 1 heterocycles. The predicted octanol–water partition coefficient (Wildman–Crippen LogP) is 4.24. The molecule has 1 N–H and O–H groups in total. The topological polar surface area (TPSA) is 70.7 Å². The van der Waals surface area contributed by atoms with Crippen LogP contribution in [0, 0.1) is 11.3 Å². The summed E-state index contributed by atoms with van der Waals surface area (Å²) in [5.74, 6) is -0.408. The van der Waals surface area contributed by atoms with Crippen LogP contribution < -0.4 is 5.32 Å². The highest BCUT2D eigenvalue weighted by molar-refractivity contribution is 6.30. The molecular formula is C21H17ClN4O. The Hall–Kier alpha value is -3.36. The molecule has 0 saturated heterocycles.